The van der Waals surface area contributed by atoms with Crippen molar-refractivity contribution in [3.63, 3.8) is 0 Å². The first-order valence-electron chi connectivity index (χ1n) is 4.60. The molecule has 78 valence electrons. The predicted molar refractivity (Wildman–Crippen MR) is 57.5 cm³/mol. The highest BCUT2D eigenvalue weighted by Crippen LogP contribution is 2.31. The van der Waals surface area contributed by atoms with Gasteiger partial charge in [-0.1, -0.05) is 5.16 Å². The molecule has 0 saturated carbocycles. The lowest BCUT2D eigenvalue weighted by molar-refractivity contribution is 0.435. The van der Waals surface area contributed by atoms with Gasteiger partial charge in [0.1, 0.15) is 5.75 Å². The van der Waals surface area contributed by atoms with Crippen LogP contribution in [-0.4, -0.2) is 10.3 Å². The molecule has 3 N–H and O–H groups in total. The zero-order valence-corrected chi connectivity index (χ0v) is 8.61. The van der Waals surface area contributed by atoms with Crippen LogP contribution in [0.15, 0.2) is 22.7 Å². The lowest BCUT2D eigenvalue weighted by Crippen LogP contribution is -1.86. The molecule has 0 amide bonds. The Morgan fingerprint density at radius 2 is 1.80 bits per heavy atom. The second-order valence-electron chi connectivity index (χ2n) is 3.57. The van der Waals surface area contributed by atoms with Crippen molar-refractivity contribution in [2.24, 2.45) is 0 Å². The van der Waals surface area contributed by atoms with Crippen LogP contribution in [0.1, 0.15) is 11.1 Å². The summed E-state index contributed by atoms with van der Waals surface area (Å²) in [6, 6.07) is 5.04. The van der Waals surface area contributed by atoms with E-state index in [1.54, 1.807) is 18.2 Å². The topological polar surface area (TPSA) is 72.3 Å². The fraction of sp³-hybridized carbons (Fsp3) is 0.182. The lowest BCUT2D eigenvalue weighted by Gasteiger charge is -2.06. The van der Waals surface area contributed by atoms with Crippen molar-refractivity contribution < 1.29 is 9.63 Å². The van der Waals surface area contributed by atoms with Crippen LogP contribution in [-0.2, 0) is 0 Å². The first kappa shape index (κ1) is 9.58. The van der Waals surface area contributed by atoms with Gasteiger partial charge >= 0.3 is 0 Å². The number of nitrogens with zero attached hydrogens (tertiary/aromatic N) is 1. The van der Waals surface area contributed by atoms with Crippen LogP contribution in [0.2, 0.25) is 0 Å². The molecule has 0 fully saturated rings. The molecule has 4 heteroatoms. The summed E-state index contributed by atoms with van der Waals surface area (Å²) in [6.07, 6.45) is 0. The van der Waals surface area contributed by atoms with E-state index in [1.165, 1.54) is 0 Å². The smallest absolute Gasteiger partial charge is 0.169 e. The Labute approximate surface area is 87.3 Å². The lowest BCUT2D eigenvalue weighted by atomic mass is 10.0. The minimum absolute atomic E-state index is 0.251. The number of nitrogens with two attached hydrogens (primary N) is 1. The number of hydrogen-bond donors (Lipinski definition) is 2. The zero-order valence-electron chi connectivity index (χ0n) is 8.61. The number of hydrogen-bond acceptors (Lipinski definition) is 4. The first-order chi connectivity index (χ1) is 7.08. The minimum atomic E-state index is 0.251. The summed E-state index contributed by atoms with van der Waals surface area (Å²) in [6.45, 7) is 3.81. The molecule has 15 heavy (non-hydrogen) atoms. The van der Waals surface area contributed by atoms with Crippen molar-refractivity contribution >= 4 is 5.82 Å². The van der Waals surface area contributed by atoms with Crippen molar-refractivity contribution in [3.05, 3.63) is 29.3 Å². The van der Waals surface area contributed by atoms with Gasteiger partial charge in [0.05, 0.1) is 0 Å². The Hall–Kier alpha value is -1.97. The van der Waals surface area contributed by atoms with Gasteiger partial charge in [0.25, 0.3) is 0 Å². The summed E-state index contributed by atoms with van der Waals surface area (Å²) < 4.78 is 5.10. The van der Waals surface area contributed by atoms with Gasteiger partial charge in [-0.25, -0.2) is 0 Å². The number of anilines is 1. The number of benzene rings is 1. The maximum Gasteiger partial charge on any atom is 0.169 e. The molecular weight excluding hydrogens is 192 g/mol. The van der Waals surface area contributed by atoms with E-state index < -0.39 is 0 Å². The Kier molecular flexibility index (Phi) is 2.11. The molecule has 0 unspecified atom stereocenters. The first-order valence-corrected chi connectivity index (χ1v) is 4.60. The third kappa shape index (κ3) is 1.66. The van der Waals surface area contributed by atoms with E-state index in [-0.39, 0.29) is 5.75 Å². The number of aryl methyl sites for hydroxylation is 2. The molecule has 1 aromatic carbocycles. The van der Waals surface area contributed by atoms with E-state index in [0.29, 0.717) is 11.6 Å². The second kappa shape index (κ2) is 3.31. The van der Waals surface area contributed by atoms with E-state index in [0.717, 1.165) is 16.7 Å². The van der Waals surface area contributed by atoms with Gasteiger partial charge in [0.15, 0.2) is 11.6 Å². The molecule has 2 aromatic rings. The molecule has 0 saturated heterocycles. The molecule has 0 spiro atoms. The van der Waals surface area contributed by atoms with Crippen LogP contribution in [0.25, 0.3) is 11.3 Å². The maximum absolute atomic E-state index is 9.40. The molecule has 0 radical (unpaired) electrons. The molecular formula is C11H12N2O2. The highest BCUT2D eigenvalue weighted by molar-refractivity contribution is 5.68. The van der Waals surface area contributed by atoms with Crippen molar-refractivity contribution in [2.75, 3.05) is 5.73 Å². The van der Waals surface area contributed by atoms with Crippen molar-refractivity contribution in [1.29, 1.82) is 0 Å². The summed E-state index contributed by atoms with van der Waals surface area (Å²) in [5.74, 6) is 1.24. The number of aromatic hydroxyl groups is 1. The predicted octanol–water partition coefficient (Wildman–Crippen LogP) is 2.25. The van der Waals surface area contributed by atoms with Gasteiger partial charge in [-0.3, -0.25) is 0 Å². The Morgan fingerprint density at radius 3 is 2.27 bits per heavy atom. The number of aromatic nitrogens is 1. The third-order valence-corrected chi connectivity index (χ3v) is 2.29. The van der Waals surface area contributed by atoms with Gasteiger partial charge < -0.3 is 15.4 Å². The van der Waals surface area contributed by atoms with Crippen LogP contribution >= 0.6 is 0 Å². The van der Waals surface area contributed by atoms with E-state index in [4.69, 9.17) is 10.3 Å². The van der Waals surface area contributed by atoms with Gasteiger partial charge in [0.2, 0.25) is 0 Å². The van der Waals surface area contributed by atoms with Gasteiger partial charge in [-0.05, 0) is 37.1 Å². The van der Waals surface area contributed by atoms with Gasteiger partial charge in [-0.2, -0.15) is 0 Å². The summed E-state index contributed by atoms with van der Waals surface area (Å²) in [5, 5.41) is 13.0. The molecule has 0 aliphatic rings. The molecule has 2 rings (SSSR count). The number of nitrogen functional groups attached to an aromatic ring is 1. The average molecular weight is 204 g/mol. The van der Waals surface area contributed by atoms with Crippen molar-refractivity contribution in [2.45, 2.75) is 13.8 Å². The summed E-state index contributed by atoms with van der Waals surface area (Å²) >= 11 is 0. The van der Waals surface area contributed by atoms with E-state index >= 15 is 0 Å². The third-order valence-electron chi connectivity index (χ3n) is 2.29. The maximum atomic E-state index is 9.40. The Morgan fingerprint density at radius 1 is 1.20 bits per heavy atom. The second-order valence-corrected chi connectivity index (χ2v) is 3.57. The normalized spacial score (nSPS) is 10.5. The molecule has 1 aromatic heterocycles. The van der Waals surface area contributed by atoms with Crippen LogP contribution in [0.5, 0.6) is 5.75 Å². The molecule has 0 aliphatic heterocycles. The van der Waals surface area contributed by atoms with E-state index in [1.807, 2.05) is 13.8 Å². The SMILES string of the molecule is Cc1cc(O)cc(C)c1-c1cc(N)no1. The van der Waals surface area contributed by atoms with Crippen LogP contribution in [0.3, 0.4) is 0 Å². The molecule has 0 bridgehead atoms. The Balaban J connectivity index is 2.62. The fourth-order valence-electron chi connectivity index (χ4n) is 1.74. The molecule has 4 nitrogen and oxygen atoms in total. The van der Waals surface area contributed by atoms with Crippen molar-refractivity contribution in [3.8, 4) is 17.1 Å². The number of phenolic OH excluding ortho intramolecular Hbond substituents is 1. The monoisotopic (exact) mass is 204 g/mol. The minimum Gasteiger partial charge on any atom is -0.508 e. The average Bonchev–Trinajstić information content (AvgIpc) is 2.49. The van der Waals surface area contributed by atoms with Crippen molar-refractivity contribution in [1.82, 2.24) is 5.16 Å². The molecule has 0 atom stereocenters. The quantitative estimate of drug-likeness (QED) is 0.747. The number of rotatable bonds is 1. The summed E-state index contributed by atoms with van der Waals surface area (Å²) in [4.78, 5) is 0. The van der Waals surface area contributed by atoms with E-state index in [9.17, 15) is 5.11 Å². The fourth-order valence-corrected chi connectivity index (χ4v) is 1.74. The van der Waals surface area contributed by atoms with Gasteiger partial charge in [-0.15, -0.1) is 0 Å². The number of phenols is 1. The van der Waals surface area contributed by atoms with Gasteiger partial charge in [0, 0.05) is 11.6 Å². The summed E-state index contributed by atoms with van der Waals surface area (Å²) in [5.41, 5.74) is 8.29. The van der Waals surface area contributed by atoms with Crippen LogP contribution in [0, 0.1) is 13.8 Å². The van der Waals surface area contributed by atoms with Crippen LogP contribution < -0.4 is 5.73 Å². The highest BCUT2D eigenvalue weighted by atomic mass is 16.5. The molecule has 0 aliphatic carbocycles. The zero-order chi connectivity index (χ0) is 11.0. The molecule has 1 heterocycles. The Bertz CT molecular complexity index is 480. The standard InChI is InChI=1S/C11H12N2O2/c1-6-3-8(14)4-7(2)11(6)9-5-10(12)13-15-9/h3-5,14H,1-2H3,(H2,12,13). The largest absolute Gasteiger partial charge is 0.508 e. The van der Waals surface area contributed by atoms with E-state index in [2.05, 4.69) is 5.16 Å². The summed E-state index contributed by atoms with van der Waals surface area (Å²) in [7, 11) is 0. The van der Waals surface area contributed by atoms with Crippen LogP contribution in [0.4, 0.5) is 5.82 Å². The highest BCUT2D eigenvalue weighted by Gasteiger charge is 2.11.